The van der Waals surface area contributed by atoms with Crippen molar-refractivity contribution in [2.75, 3.05) is 12.8 Å². The lowest BCUT2D eigenvalue weighted by Crippen LogP contribution is -2.31. The second-order valence-corrected chi connectivity index (χ2v) is 5.34. The zero-order valence-corrected chi connectivity index (χ0v) is 9.51. The fraction of sp³-hybridized carbons (Fsp3) is 0.333. The second kappa shape index (κ2) is 5.04. The van der Waals surface area contributed by atoms with Gasteiger partial charge in [0.2, 0.25) is 10.0 Å². The number of hydrogen-bond donors (Lipinski definition) is 1. The summed E-state index contributed by atoms with van der Waals surface area (Å²) in [6.07, 6.45) is 3.11. The van der Waals surface area contributed by atoms with Crippen molar-refractivity contribution in [2.45, 2.75) is 6.54 Å². The Hall–Kier alpha value is -1.47. The highest BCUT2D eigenvalue weighted by molar-refractivity contribution is 7.89. The highest BCUT2D eigenvalue weighted by Gasteiger charge is 2.21. The number of aliphatic carboxylic acids is 1. The van der Waals surface area contributed by atoms with Gasteiger partial charge in [0, 0.05) is 26.0 Å². The SMILES string of the molecule is CN(Cc1cccnc1)S(=O)(=O)CC(=O)O. The lowest BCUT2D eigenvalue weighted by molar-refractivity contribution is -0.134. The first-order valence-corrected chi connectivity index (χ1v) is 6.07. The van der Waals surface area contributed by atoms with E-state index in [0.717, 1.165) is 4.31 Å². The number of hydrogen-bond acceptors (Lipinski definition) is 4. The summed E-state index contributed by atoms with van der Waals surface area (Å²) in [7, 11) is -2.41. The van der Waals surface area contributed by atoms with Gasteiger partial charge < -0.3 is 5.11 Å². The minimum absolute atomic E-state index is 0.115. The molecule has 0 amide bonds. The molecule has 0 saturated heterocycles. The van der Waals surface area contributed by atoms with E-state index in [9.17, 15) is 13.2 Å². The van der Waals surface area contributed by atoms with Crippen molar-refractivity contribution >= 4 is 16.0 Å². The summed E-state index contributed by atoms with van der Waals surface area (Å²) in [5.74, 6) is -2.26. The number of rotatable bonds is 5. The molecule has 0 aliphatic carbocycles. The number of aromatic nitrogens is 1. The standard InChI is InChI=1S/C9H12N2O4S/c1-11(16(14,15)7-9(12)13)6-8-3-2-4-10-5-8/h2-5H,6-7H2,1H3,(H,12,13). The molecular formula is C9H12N2O4S. The number of carboxylic acid groups (broad SMARTS) is 1. The highest BCUT2D eigenvalue weighted by atomic mass is 32.2. The lowest BCUT2D eigenvalue weighted by Gasteiger charge is -2.15. The molecule has 0 atom stereocenters. The van der Waals surface area contributed by atoms with Gasteiger partial charge in [-0.05, 0) is 11.6 Å². The molecule has 0 aromatic carbocycles. The van der Waals surface area contributed by atoms with E-state index in [1.165, 1.54) is 13.2 Å². The van der Waals surface area contributed by atoms with Crippen LogP contribution in [0.4, 0.5) is 0 Å². The first kappa shape index (κ1) is 12.6. The first-order chi connectivity index (χ1) is 7.42. The molecule has 1 rings (SSSR count). The zero-order valence-electron chi connectivity index (χ0n) is 8.70. The number of carboxylic acids is 1. The Bertz CT molecular complexity index is 458. The molecule has 1 N–H and O–H groups in total. The third kappa shape index (κ3) is 3.59. The summed E-state index contributed by atoms with van der Waals surface area (Å²) in [6, 6.07) is 3.41. The van der Waals surface area contributed by atoms with Crippen LogP contribution in [0.15, 0.2) is 24.5 Å². The molecule has 1 aromatic rings. The molecule has 0 unspecified atom stereocenters. The largest absolute Gasteiger partial charge is 0.480 e. The van der Waals surface area contributed by atoms with Gasteiger partial charge >= 0.3 is 5.97 Å². The van der Waals surface area contributed by atoms with E-state index in [1.807, 2.05) is 0 Å². The molecule has 0 bridgehead atoms. The van der Waals surface area contributed by atoms with E-state index in [1.54, 1.807) is 18.3 Å². The monoisotopic (exact) mass is 244 g/mol. The lowest BCUT2D eigenvalue weighted by atomic mass is 10.3. The fourth-order valence-electron chi connectivity index (χ4n) is 1.11. The van der Waals surface area contributed by atoms with Crippen molar-refractivity contribution in [1.29, 1.82) is 0 Å². The summed E-state index contributed by atoms with van der Waals surface area (Å²) < 4.78 is 23.9. The number of carbonyl (C=O) groups is 1. The van der Waals surface area contributed by atoms with Crippen molar-refractivity contribution in [3.05, 3.63) is 30.1 Å². The Balaban J connectivity index is 2.72. The summed E-state index contributed by atoms with van der Waals surface area (Å²) >= 11 is 0. The summed E-state index contributed by atoms with van der Waals surface area (Å²) in [5, 5.41) is 8.45. The van der Waals surface area contributed by atoms with E-state index in [-0.39, 0.29) is 6.54 Å². The van der Waals surface area contributed by atoms with Gasteiger partial charge in [-0.3, -0.25) is 9.78 Å². The predicted octanol–water partition coefficient (Wildman–Crippen LogP) is -0.0722. The maximum absolute atomic E-state index is 11.5. The number of nitrogens with zero attached hydrogens (tertiary/aromatic N) is 2. The molecular weight excluding hydrogens is 232 g/mol. The van der Waals surface area contributed by atoms with Crippen LogP contribution in [0.25, 0.3) is 0 Å². The van der Waals surface area contributed by atoms with Crippen LogP contribution < -0.4 is 0 Å². The van der Waals surface area contributed by atoms with E-state index in [2.05, 4.69) is 4.98 Å². The van der Waals surface area contributed by atoms with E-state index < -0.39 is 21.7 Å². The van der Waals surface area contributed by atoms with Crippen LogP contribution in [0.3, 0.4) is 0 Å². The van der Waals surface area contributed by atoms with Crippen molar-refractivity contribution in [2.24, 2.45) is 0 Å². The Kier molecular flexibility index (Phi) is 3.97. The molecule has 16 heavy (non-hydrogen) atoms. The first-order valence-electron chi connectivity index (χ1n) is 4.46. The molecule has 6 nitrogen and oxygen atoms in total. The van der Waals surface area contributed by atoms with E-state index in [0.29, 0.717) is 5.56 Å². The Morgan fingerprint density at radius 3 is 2.75 bits per heavy atom. The number of pyridine rings is 1. The van der Waals surface area contributed by atoms with Crippen LogP contribution >= 0.6 is 0 Å². The topological polar surface area (TPSA) is 87.6 Å². The van der Waals surface area contributed by atoms with Gasteiger partial charge in [0.05, 0.1) is 0 Å². The van der Waals surface area contributed by atoms with E-state index >= 15 is 0 Å². The van der Waals surface area contributed by atoms with Crippen molar-refractivity contribution in [3.63, 3.8) is 0 Å². The molecule has 0 fully saturated rings. The molecule has 0 radical (unpaired) electrons. The van der Waals surface area contributed by atoms with Gasteiger partial charge in [-0.25, -0.2) is 12.7 Å². The van der Waals surface area contributed by atoms with Crippen molar-refractivity contribution < 1.29 is 18.3 Å². The molecule has 7 heteroatoms. The molecule has 0 spiro atoms. The Morgan fingerprint density at radius 2 is 2.25 bits per heavy atom. The summed E-state index contributed by atoms with van der Waals surface area (Å²) in [5.41, 5.74) is 0.707. The fourth-order valence-corrected chi connectivity index (χ4v) is 1.99. The molecule has 1 heterocycles. The third-order valence-electron chi connectivity index (χ3n) is 1.91. The molecule has 88 valence electrons. The molecule has 1 aromatic heterocycles. The third-order valence-corrected chi connectivity index (χ3v) is 3.60. The average molecular weight is 244 g/mol. The summed E-state index contributed by atoms with van der Waals surface area (Å²) in [4.78, 5) is 14.2. The van der Waals surface area contributed by atoms with Crippen LogP contribution in [-0.4, -0.2) is 41.6 Å². The van der Waals surface area contributed by atoms with Crippen LogP contribution in [0.2, 0.25) is 0 Å². The molecule has 0 aliphatic rings. The maximum atomic E-state index is 11.5. The van der Waals surface area contributed by atoms with Crippen molar-refractivity contribution in [1.82, 2.24) is 9.29 Å². The Labute approximate surface area is 93.6 Å². The average Bonchev–Trinajstić information content (AvgIpc) is 2.17. The minimum Gasteiger partial charge on any atom is -0.480 e. The van der Waals surface area contributed by atoms with Gasteiger partial charge in [0.15, 0.2) is 5.75 Å². The molecule has 0 saturated carbocycles. The van der Waals surface area contributed by atoms with Gasteiger partial charge in [-0.1, -0.05) is 6.07 Å². The van der Waals surface area contributed by atoms with Gasteiger partial charge in [-0.2, -0.15) is 0 Å². The van der Waals surface area contributed by atoms with Gasteiger partial charge in [0.1, 0.15) is 0 Å². The van der Waals surface area contributed by atoms with Crippen LogP contribution in [0, 0.1) is 0 Å². The maximum Gasteiger partial charge on any atom is 0.320 e. The van der Waals surface area contributed by atoms with Gasteiger partial charge in [0.25, 0.3) is 0 Å². The smallest absolute Gasteiger partial charge is 0.320 e. The number of sulfonamides is 1. The highest BCUT2D eigenvalue weighted by Crippen LogP contribution is 2.06. The van der Waals surface area contributed by atoms with Crippen LogP contribution in [0.1, 0.15) is 5.56 Å². The quantitative estimate of drug-likeness (QED) is 0.783. The molecule has 0 aliphatic heterocycles. The Morgan fingerprint density at radius 1 is 1.56 bits per heavy atom. The predicted molar refractivity (Wildman–Crippen MR) is 57.1 cm³/mol. The van der Waals surface area contributed by atoms with E-state index in [4.69, 9.17) is 5.11 Å². The summed E-state index contributed by atoms with van der Waals surface area (Å²) in [6.45, 7) is 0.115. The minimum atomic E-state index is -3.75. The normalized spacial score (nSPS) is 11.6. The van der Waals surface area contributed by atoms with Gasteiger partial charge in [-0.15, -0.1) is 0 Å². The zero-order chi connectivity index (χ0) is 12.2. The van der Waals surface area contributed by atoms with Crippen LogP contribution in [-0.2, 0) is 21.4 Å². The van der Waals surface area contributed by atoms with Crippen LogP contribution in [0.5, 0.6) is 0 Å². The second-order valence-electron chi connectivity index (χ2n) is 3.27. The van der Waals surface area contributed by atoms with Crippen molar-refractivity contribution in [3.8, 4) is 0 Å².